The molecule has 1 N–H and O–H groups in total. The van der Waals surface area contributed by atoms with Gasteiger partial charge in [-0.15, -0.1) is 0 Å². The molecule has 152 valence electrons. The van der Waals surface area contributed by atoms with Gasteiger partial charge >= 0.3 is 12.2 Å². The predicted molar refractivity (Wildman–Crippen MR) is 112 cm³/mol. The highest BCUT2D eigenvalue weighted by atomic mass is 35.5. The van der Waals surface area contributed by atoms with Crippen LogP contribution in [0.5, 0.6) is 6.01 Å². The van der Waals surface area contributed by atoms with Crippen LogP contribution >= 0.6 is 11.6 Å². The normalized spacial score (nSPS) is 19.4. The van der Waals surface area contributed by atoms with E-state index in [2.05, 4.69) is 27.7 Å². The van der Waals surface area contributed by atoms with Crippen molar-refractivity contribution in [3.05, 3.63) is 41.0 Å². The first-order chi connectivity index (χ1) is 13.9. The predicted octanol–water partition coefficient (Wildman–Crippen LogP) is 5.94. The first-order valence-electron chi connectivity index (χ1n) is 9.95. The van der Waals surface area contributed by atoms with Crippen molar-refractivity contribution in [2.45, 2.75) is 46.1 Å². The second-order valence-electron chi connectivity index (χ2n) is 8.02. The van der Waals surface area contributed by atoms with E-state index in [4.69, 9.17) is 21.4 Å². The van der Waals surface area contributed by atoms with Crippen LogP contribution in [0.15, 0.2) is 30.5 Å². The Hall–Kier alpha value is -2.60. The van der Waals surface area contributed by atoms with Gasteiger partial charge in [0.1, 0.15) is 5.69 Å². The number of nitrogens with zero attached hydrogens (tertiary/aromatic N) is 3. The van der Waals surface area contributed by atoms with E-state index in [0.717, 1.165) is 29.1 Å². The Balaban J connectivity index is 1.84. The lowest BCUT2D eigenvalue weighted by Gasteiger charge is -2.26. The summed E-state index contributed by atoms with van der Waals surface area (Å²) in [7, 11) is 0. The number of ether oxygens (including phenoxy) is 1. The largest absolute Gasteiger partial charge is 0.513 e. The van der Waals surface area contributed by atoms with E-state index in [-0.39, 0.29) is 6.01 Å². The molecule has 29 heavy (non-hydrogen) atoms. The molecule has 1 fully saturated rings. The van der Waals surface area contributed by atoms with Crippen LogP contribution in [0.2, 0.25) is 5.02 Å². The van der Waals surface area contributed by atoms with Crippen LogP contribution in [-0.4, -0.2) is 25.8 Å². The van der Waals surface area contributed by atoms with Gasteiger partial charge < -0.3 is 14.4 Å². The van der Waals surface area contributed by atoms with Gasteiger partial charge in [0.2, 0.25) is 0 Å². The Morgan fingerprint density at radius 2 is 2.03 bits per heavy atom. The Kier molecular flexibility index (Phi) is 5.46. The highest BCUT2D eigenvalue weighted by molar-refractivity contribution is 6.30. The molecule has 3 aromatic rings. The van der Waals surface area contributed by atoms with Crippen LogP contribution < -0.4 is 4.74 Å². The molecular formula is C22H24ClN3O3. The van der Waals surface area contributed by atoms with E-state index >= 15 is 0 Å². The van der Waals surface area contributed by atoms with Crippen molar-refractivity contribution in [2.24, 2.45) is 11.8 Å². The van der Waals surface area contributed by atoms with Gasteiger partial charge in [-0.1, -0.05) is 43.5 Å². The van der Waals surface area contributed by atoms with Crippen LogP contribution in [0.1, 0.15) is 38.2 Å². The lowest BCUT2D eigenvalue weighted by molar-refractivity contribution is 0.140. The van der Waals surface area contributed by atoms with Crippen molar-refractivity contribution in [1.29, 1.82) is 0 Å². The Labute approximate surface area is 174 Å². The van der Waals surface area contributed by atoms with Crippen LogP contribution in [0, 0.1) is 18.8 Å². The molecule has 1 aliphatic rings. The highest BCUT2D eigenvalue weighted by Gasteiger charge is 2.23. The molecule has 0 saturated heterocycles. The van der Waals surface area contributed by atoms with E-state index < -0.39 is 6.16 Å². The van der Waals surface area contributed by atoms with Crippen molar-refractivity contribution in [2.75, 3.05) is 0 Å². The maximum atomic E-state index is 11.1. The van der Waals surface area contributed by atoms with Gasteiger partial charge in [-0.25, -0.2) is 4.79 Å². The topological polar surface area (TPSA) is 77.2 Å². The molecular weight excluding hydrogens is 390 g/mol. The molecule has 7 heteroatoms. The minimum atomic E-state index is -1.44. The van der Waals surface area contributed by atoms with Crippen molar-refractivity contribution in [1.82, 2.24) is 14.5 Å². The minimum Gasteiger partial charge on any atom is -0.449 e. The van der Waals surface area contributed by atoms with Crippen molar-refractivity contribution in [3.8, 4) is 17.3 Å². The molecule has 0 radical (unpaired) electrons. The number of aryl methyl sites for hydroxylation is 1. The summed E-state index contributed by atoms with van der Waals surface area (Å²) < 4.78 is 7.01. The zero-order valence-electron chi connectivity index (χ0n) is 16.6. The maximum Gasteiger partial charge on any atom is 0.513 e. The van der Waals surface area contributed by atoms with Gasteiger partial charge in [0.25, 0.3) is 0 Å². The molecule has 1 aliphatic carbocycles. The van der Waals surface area contributed by atoms with E-state index in [1.165, 1.54) is 25.7 Å². The van der Waals surface area contributed by atoms with E-state index in [9.17, 15) is 4.79 Å². The summed E-state index contributed by atoms with van der Waals surface area (Å²) in [5, 5.41) is 9.62. The number of rotatable bonds is 4. The first kappa shape index (κ1) is 19.7. The molecule has 1 saturated carbocycles. The first-order valence-corrected chi connectivity index (χ1v) is 10.3. The van der Waals surface area contributed by atoms with E-state index in [1.54, 1.807) is 6.07 Å². The van der Waals surface area contributed by atoms with Gasteiger partial charge in [0, 0.05) is 23.3 Å². The second-order valence-corrected chi connectivity index (χ2v) is 8.46. The Morgan fingerprint density at radius 3 is 2.72 bits per heavy atom. The van der Waals surface area contributed by atoms with Crippen LogP contribution in [-0.2, 0) is 6.54 Å². The molecule has 2 heterocycles. The highest BCUT2D eigenvalue weighted by Crippen LogP contribution is 2.35. The van der Waals surface area contributed by atoms with Crippen molar-refractivity contribution >= 4 is 28.8 Å². The molecule has 1 aromatic carbocycles. The number of carbonyl (C=O) groups is 1. The lowest BCUT2D eigenvalue weighted by atomic mass is 9.83. The number of carboxylic acid groups (broad SMARTS) is 1. The molecule has 2 aromatic heterocycles. The smallest absolute Gasteiger partial charge is 0.449 e. The minimum absolute atomic E-state index is 0.174. The molecule has 0 atom stereocenters. The van der Waals surface area contributed by atoms with Gasteiger partial charge in [0.05, 0.1) is 11.0 Å². The summed E-state index contributed by atoms with van der Waals surface area (Å²) in [4.78, 5) is 19.9. The fourth-order valence-corrected chi connectivity index (χ4v) is 4.43. The molecule has 0 aliphatic heterocycles. The standard InChI is InChI=1S/C22H24ClN3O3/c1-13-6-8-15(9-7-13)12-26-11-14(2)18-20(26)19(16-4-3-5-17(23)10-16)25-21(24-18)29-22(27)28/h3-5,10-11,13,15H,6-9,12H2,1-2H3,(H,27,28). The van der Waals surface area contributed by atoms with Gasteiger partial charge in [-0.2, -0.15) is 9.97 Å². The summed E-state index contributed by atoms with van der Waals surface area (Å²) in [5.41, 5.74) is 3.99. The molecule has 0 amide bonds. The summed E-state index contributed by atoms with van der Waals surface area (Å²) >= 11 is 6.21. The van der Waals surface area contributed by atoms with Crippen molar-refractivity contribution < 1.29 is 14.6 Å². The molecule has 0 unspecified atom stereocenters. The van der Waals surface area contributed by atoms with Gasteiger partial charge in [-0.05, 0) is 49.3 Å². The molecule has 4 rings (SSSR count). The third kappa shape index (κ3) is 4.22. The molecule has 0 bridgehead atoms. The quantitative estimate of drug-likeness (QED) is 0.535. The number of halogens is 1. The summed E-state index contributed by atoms with van der Waals surface area (Å²) in [5.74, 6) is 1.42. The van der Waals surface area contributed by atoms with Gasteiger partial charge in [-0.3, -0.25) is 0 Å². The summed E-state index contributed by atoms with van der Waals surface area (Å²) in [6.07, 6.45) is 5.60. The third-order valence-electron chi connectivity index (χ3n) is 5.74. The Bertz CT molecular complexity index is 1050. The number of benzene rings is 1. The summed E-state index contributed by atoms with van der Waals surface area (Å²) in [6, 6.07) is 7.21. The average molecular weight is 414 g/mol. The van der Waals surface area contributed by atoms with Crippen LogP contribution in [0.4, 0.5) is 4.79 Å². The number of fused-ring (bicyclic) bond motifs is 1. The second kappa shape index (κ2) is 8.03. The van der Waals surface area contributed by atoms with E-state index in [0.29, 0.717) is 22.2 Å². The van der Waals surface area contributed by atoms with E-state index in [1.807, 2.05) is 25.1 Å². The number of hydrogen-bond donors (Lipinski definition) is 1. The van der Waals surface area contributed by atoms with Crippen LogP contribution in [0.3, 0.4) is 0 Å². The van der Waals surface area contributed by atoms with Gasteiger partial charge in [0.15, 0.2) is 0 Å². The zero-order valence-corrected chi connectivity index (χ0v) is 17.3. The molecule has 0 spiro atoms. The zero-order chi connectivity index (χ0) is 20.5. The third-order valence-corrected chi connectivity index (χ3v) is 5.98. The summed E-state index contributed by atoms with van der Waals surface area (Å²) in [6.45, 7) is 5.19. The fraction of sp³-hybridized carbons (Fsp3) is 0.409. The maximum absolute atomic E-state index is 11.1. The Morgan fingerprint density at radius 1 is 1.28 bits per heavy atom. The average Bonchev–Trinajstić information content (AvgIpc) is 2.98. The van der Waals surface area contributed by atoms with Crippen molar-refractivity contribution in [3.63, 3.8) is 0 Å². The lowest BCUT2D eigenvalue weighted by Crippen LogP contribution is -2.17. The SMILES string of the molecule is Cc1cn(CC2CCC(C)CC2)c2c(-c3cccc(Cl)c3)nc(OC(=O)O)nc12. The van der Waals surface area contributed by atoms with Crippen LogP contribution in [0.25, 0.3) is 22.3 Å². The number of aromatic nitrogens is 3. The fourth-order valence-electron chi connectivity index (χ4n) is 4.24. The molecule has 6 nitrogen and oxygen atoms in total. The number of hydrogen-bond acceptors (Lipinski definition) is 4. The monoisotopic (exact) mass is 413 g/mol.